The van der Waals surface area contributed by atoms with Gasteiger partial charge in [0.1, 0.15) is 5.69 Å². The first-order valence-corrected chi connectivity index (χ1v) is 9.29. The second-order valence-corrected chi connectivity index (χ2v) is 7.00. The number of halogens is 3. The minimum absolute atomic E-state index is 0.0240. The third kappa shape index (κ3) is 5.10. The van der Waals surface area contributed by atoms with Crippen LogP contribution in [-0.2, 0) is 11.9 Å². The number of benzene rings is 1. The van der Waals surface area contributed by atoms with Crippen LogP contribution in [0.4, 0.5) is 18.9 Å². The number of anilines is 1. The van der Waals surface area contributed by atoms with E-state index in [1.165, 1.54) is 6.92 Å². The number of aromatic nitrogens is 2. The second kappa shape index (κ2) is 8.43. The van der Waals surface area contributed by atoms with E-state index in [9.17, 15) is 18.0 Å². The largest absolute Gasteiger partial charge is 0.433 e. The van der Waals surface area contributed by atoms with Gasteiger partial charge in [-0.05, 0) is 55.0 Å². The Morgan fingerprint density at radius 2 is 1.86 bits per heavy atom. The minimum Gasteiger partial charge on any atom is -0.322 e. The Bertz CT molecular complexity index is 961. The molecule has 2 aromatic heterocycles. The van der Waals surface area contributed by atoms with Crippen LogP contribution in [0.3, 0.4) is 0 Å². The molecule has 1 N–H and O–H groups in total. The van der Waals surface area contributed by atoms with E-state index < -0.39 is 17.8 Å². The third-order valence-corrected chi connectivity index (χ3v) is 4.94. The lowest BCUT2D eigenvalue weighted by atomic mass is 10.1. The number of thioether (sulfide) groups is 1. The van der Waals surface area contributed by atoms with Crippen molar-refractivity contribution in [3.8, 4) is 0 Å². The number of carbonyl (C=O) groups is 1. The van der Waals surface area contributed by atoms with Gasteiger partial charge in [0.2, 0.25) is 0 Å². The summed E-state index contributed by atoms with van der Waals surface area (Å²) in [5.41, 5.74) is 0.765. The summed E-state index contributed by atoms with van der Waals surface area (Å²) in [7, 11) is 0. The number of hydrogen-bond donors (Lipinski definition) is 1. The van der Waals surface area contributed by atoms with E-state index >= 15 is 0 Å². The Labute approximate surface area is 164 Å². The highest BCUT2D eigenvalue weighted by Crippen LogP contribution is 2.28. The van der Waals surface area contributed by atoms with E-state index in [2.05, 4.69) is 15.3 Å². The molecule has 144 valence electrons. The van der Waals surface area contributed by atoms with Crippen LogP contribution in [0.5, 0.6) is 0 Å². The Hall–Kier alpha value is -2.87. The molecule has 8 heteroatoms. The highest BCUT2D eigenvalue weighted by atomic mass is 32.2. The van der Waals surface area contributed by atoms with Crippen molar-refractivity contribution in [1.29, 1.82) is 0 Å². The summed E-state index contributed by atoms with van der Waals surface area (Å²) in [5.74, 6) is 0.269. The molecule has 0 saturated carbocycles. The molecule has 28 heavy (non-hydrogen) atoms. The maximum absolute atomic E-state index is 12.7. The molecule has 0 bridgehead atoms. The number of amides is 1. The van der Waals surface area contributed by atoms with E-state index in [4.69, 9.17) is 0 Å². The monoisotopic (exact) mass is 403 g/mol. The Morgan fingerprint density at radius 3 is 2.46 bits per heavy atom. The summed E-state index contributed by atoms with van der Waals surface area (Å²) in [5, 5.41) is 2.68. The van der Waals surface area contributed by atoms with Crippen molar-refractivity contribution in [2.45, 2.75) is 23.7 Å². The molecule has 0 saturated heterocycles. The molecule has 0 aliphatic rings. The highest BCUT2D eigenvalue weighted by molar-refractivity contribution is 7.98. The van der Waals surface area contributed by atoms with Crippen LogP contribution >= 0.6 is 11.8 Å². The lowest BCUT2D eigenvalue weighted by molar-refractivity contribution is -0.141. The predicted molar refractivity (Wildman–Crippen MR) is 102 cm³/mol. The zero-order valence-electron chi connectivity index (χ0n) is 14.8. The van der Waals surface area contributed by atoms with Gasteiger partial charge in [-0.15, -0.1) is 11.8 Å². The molecular formula is C20H16F3N3OS. The van der Waals surface area contributed by atoms with E-state index in [1.807, 2.05) is 30.5 Å². The van der Waals surface area contributed by atoms with Crippen molar-refractivity contribution < 1.29 is 18.0 Å². The first-order valence-electron chi connectivity index (χ1n) is 8.31. The summed E-state index contributed by atoms with van der Waals surface area (Å²) in [6.07, 6.45) is -1.01. The van der Waals surface area contributed by atoms with Gasteiger partial charge in [-0.2, -0.15) is 13.2 Å². The Kier molecular flexibility index (Phi) is 5.99. The highest BCUT2D eigenvalue weighted by Gasteiger charge is 2.33. The molecule has 3 rings (SSSR count). The summed E-state index contributed by atoms with van der Waals surface area (Å²) in [4.78, 5) is 20.9. The van der Waals surface area contributed by atoms with Gasteiger partial charge in [-0.3, -0.25) is 9.78 Å². The standard InChI is InChI=1S/C20H16F3N3OS/c1-13-17(8-9-18(25-13)20(21,22)23)19(27)26-15-4-6-16(7-5-15)28-12-14-3-2-10-24-11-14/h2-11H,12H2,1H3,(H,26,27). The number of nitrogens with zero attached hydrogens (tertiary/aromatic N) is 2. The maximum atomic E-state index is 12.7. The molecule has 1 aromatic carbocycles. The molecular weight excluding hydrogens is 387 g/mol. The fourth-order valence-electron chi connectivity index (χ4n) is 2.44. The SMILES string of the molecule is Cc1nc(C(F)(F)F)ccc1C(=O)Nc1ccc(SCc2cccnc2)cc1. The van der Waals surface area contributed by atoms with Crippen molar-refractivity contribution in [3.05, 3.63) is 83.4 Å². The number of alkyl halides is 3. The van der Waals surface area contributed by atoms with Gasteiger partial charge >= 0.3 is 6.18 Å². The van der Waals surface area contributed by atoms with Crippen LogP contribution in [0.1, 0.15) is 27.3 Å². The molecule has 0 aliphatic heterocycles. The second-order valence-electron chi connectivity index (χ2n) is 5.96. The zero-order chi connectivity index (χ0) is 20.1. The summed E-state index contributed by atoms with van der Waals surface area (Å²) >= 11 is 1.63. The van der Waals surface area contributed by atoms with E-state index in [0.717, 1.165) is 28.3 Å². The van der Waals surface area contributed by atoms with Crippen molar-refractivity contribution in [3.63, 3.8) is 0 Å². The third-order valence-electron chi connectivity index (χ3n) is 3.86. The molecule has 0 fully saturated rings. The zero-order valence-corrected chi connectivity index (χ0v) is 15.6. The average molecular weight is 403 g/mol. The average Bonchev–Trinajstić information content (AvgIpc) is 2.67. The molecule has 0 spiro atoms. The maximum Gasteiger partial charge on any atom is 0.433 e. The van der Waals surface area contributed by atoms with Gasteiger partial charge < -0.3 is 5.32 Å². The number of pyridine rings is 2. The Balaban J connectivity index is 1.63. The number of rotatable bonds is 5. The van der Waals surface area contributed by atoms with Gasteiger partial charge in [0.25, 0.3) is 5.91 Å². The van der Waals surface area contributed by atoms with E-state index in [0.29, 0.717) is 5.69 Å². The van der Waals surface area contributed by atoms with Crippen LogP contribution in [0.15, 0.2) is 65.8 Å². The van der Waals surface area contributed by atoms with E-state index in [1.54, 1.807) is 30.1 Å². The topological polar surface area (TPSA) is 54.9 Å². The number of nitrogens with one attached hydrogen (secondary N) is 1. The first-order chi connectivity index (χ1) is 13.3. The molecule has 0 atom stereocenters. The minimum atomic E-state index is -4.54. The van der Waals surface area contributed by atoms with Crippen LogP contribution in [0.25, 0.3) is 0 Å². The van der Waals surface area contributed by atoms with Gasteiger partial charge in [0.15, 0.2) is 0 Å². The predicted octanol–water partition coefficient (Wildman–Crippen LogP) is 5.35. The van der Waals surface area contributed by atoms with Gasteiger partial charge in [0.05, 0.1) is 11.3 Å². The summed E-state index contributed by atoms with van der Waals surface area (Å²) in [6, 6.07) is 13.1. The van der Waals surface area contributed by atoms with Crippen LogP contribution in [0.2, 0.25) is 0 Å². The van der Waals surface area contributed by atoms with Gasteiger partial charge in [-0.1, -0.05) is 6.07 Å². The van der Waals surface area contributed by atoms with Crippen molar-refractivity contribution in [2.75, 3.05) is 5.32 Å². The van der Waals surface area contributed by atoms with Crippen LogP contribution in [0, 0.1) is 6.92 Å². The fraction of sp³-hybridized carbons (Fsp3) is 0.150. The number of aryl methyl sites for hydroxylation is 1. The van der Waals surface area contributed by atoms with Crippen molar-refractivity contribution in [2.24, 2.45) is 0 Å². The van der Waals surface area contributed by atoms with Crippen molar-refractivity contribution in [1.82, 2.24) is 9.97 Å². The molecule has 4 nitrogen and oxygen atoms in total. The van der Waals surface area contributed by atoms with Gasteiger partial charge in [-0.25, -0.2) is 4.98 Å². The smallest absolute Gasteiger partial charge is 0.322 e. The van der Waals surface area contributed by atoms with Gasteiger partial charge in [0, 0.05) is 28.7 Å². The molecule has 1 amide bonds. The lowest BCUT2D eigenvalue weighted by Crippen LogP contribution is -2.16. The molecule has 0 aliphatic carbocycles. The van der Waals surface area contributed by atoms with Crippen LogP contribution in [-0.4, -0.2) is 15.9 Å². The molecule has 2 heterocycles. The summed E-state index contributed by atoms with van der Waals surface area (Å²) in [6.45, 7) is 1.38. The molecule has 0 radical (unpaired) electrons. The Morgan fingerprint density at radius 1 is 1.11 bits per heavy atom. The number of hydrogen-bond acceptors (Lipinski definition) is 4. The lowest BCUT2D eigenvalue weighted by Gasteiger charge is -2.11. The van der Waals surface area contributed by atoms with E-state index in [-0.39, 0.29) is 11.3 Å². The number of carbonyl (C=O) groups excluding carboxylic acids is 1. The normalized spacial score (nSPS) is 11.3. The quantitative estimate of drug-likeness (QED) is 0.584. The first kappa shape index (κ1) is 19.9. The van der Waals surface area contributed by atoms with Crippen LogP contribution < -0.4 is 5.32 Å². The summed E-state index contributed by atoms with van der Waals surface area (Å²) < 4.78 is 38.1. The molecule has 3 aromatic rings. The van der Waals surface area contributed by atoms with Crippen molar-refractivity contribution >= 4 is 23.4 Å². The fourth-order valence-corrected chi connectivity index (χ4v) is 3.27. The molecule has 0 unspecified atom stereocenters.